The Morgan fingerprint density at radius 3 is 2.70 bits per heavy atom. The van der Waals surface area contributed by atoms with Gasteiger partial charge in [0.1, 0.15) is 21.3 Å². The third-order valence-electron chi connectivity index (χ3n) is 4.63. The van der Waals surface area contributed by atoms with Gasteiger partial charge in [-0.05, 0) is 43.2 Å². The SMILES string of the molecule is CCCN1C(=O)/C(=C\c2c(Oc3ccccc3C)nc3ccccn3c2=O)SC1=S. The van der Waals surface area contributed by atoms with E-state index in [0.717, 1.165) is 12.0 Å². The summed E-state index contributed by atoms with van der Waals surface area (Å²) in [5, 5.41) is 0. The van der Waals surface area contributed by atoms with Crippen molar-refractivity contribution >= 4 is 45.9 Å². The van der Waals surface area contributed by atoms with Crippen molar-refractivity contribution in [3.63, 3.8) is 0 Å². The molecule has 0 N–H and O–H groups in total. The molecule has 4 rings (SSSR count). The number of carbonyl (C=O) groups excluding carboxylic acids is 1. The molecule has 1 amide bonds. The van der Waals surface area contributed by atoms with Crippen LogP contribution >= 0.6 is 24.0 Å². The summed E-state index contributed by atoms with van der Waals surface area (Å²) < 4.78 is 7.96. The zero-order valence-electron chi connectivity index (χ0n) is 16.5. The van der Waals surface area contributed by atoms with E-state index >= 15 is 0 Å². The monoisotopic (exact) mass is 437 g/mol. The Balaban J connectivity index is 1.87. The highest BCUT2D eigenvalue weighted by atomic mass is 32.2. The summed E-state index contributed by atoms with van der Waals surface area (Å²) in [6.45, 7) is 4.44. The standard InChI is InChI=1S/C22H19N3O3S2/c1-3-11-25-21(27)17(30-22(25)29)13-15-19(28-16-9-5-4-8-14(16)2)23-18-10-6-7-12-24(18)20(15)26/h4-10,12-13H,3,11H2,1-2H3/b17-13+. The summed E-state index contributed by atoms with van der Waals surface area (Å²) in [7, 11) is 0. The minimum absolute atomic E-state index is 0.154. The van der Waals surface area contributed by atoms with Crippen LogP contribution in [0.5, 0.6) is 11.6 Å². The zero-order valence-corrected chi connectivity index (χ0v) is 18.1. The van der Waals surface area contributed by atoms with Crippen LogP contribution in [0.2, 0.25) is 0 Å². The van der Waals surface area contributed by atoms with Gasteiger partial charge in [-0.1, -0.05) is 55.2 Å². The number of ether oxygens (including phenoxy) is 1. The number of amides is 1. The molecule has 30 heavy (non-hydrogen) atoms. The Morgan fingerprint density at radius 2 is 1.93 bits per heavy atom. The number of fused-ring (bicyclic) bond motifs is 1. The highest BCUT2D eigenvalue weighted by molar-refractivity contribution is 8.26. The number of benzene rings is 1. The second-order valence-corrected chi connectivity index (χ2v) is 8.44. The Labute approximate surface area is 183 Å². The molecular formula is C22H19N3O3S2. The molecule has 1 aliphatic heterocycles. The Morgan fingerprint density at radius 1 is 1.17 bits per heavy atom. The number of pyridine rings is 1. The number of hydrogen-bond donors (Lipinski definition) is 0. The normalized spacial score (nSPS) is 15.4. The van der Waals surface area contributed by atoms with Gasteiger partial charge in [0.05, 0.1) is 4.91 Å². The third kappa shape index (κ3) is 3.76. The van der Waals surface area contributed by atoms with Crippen LogP contribution in [-0.2, 0) is 4.79 Å². The number of aryl methyl sites for hydroxylation is 1. The molecule has 2 aromatic heterocycles. The summed E-state index contributed by atoms with van der Waals surface area (Å²) in [6.07, 6.45) is 3.97. The molecule has 0 radical (unpaired) electrons. The summed E-state index contributed by atoms with van der Waals surface area (Å²) in [4.78, 5) is 32.5. The largest absolute Gasteiger partial charge is 0.438 e. The smallest absolute Gasteiger partial charge is 0.269 e. The van der Waals surface area contributed by atoms with Gasteiger partial charge in [0.15, 0.2) is 0 Å². The van der Waals surface area contributed by atoms with Crippen molar-refractivity contribution in [2.75, 3.05) is 6.54 Å². The molecule has 0 spiro atoms. The lowest BCUT2D eigenvalue weighted by Gasteiger charge is -2.12. The van der Waals surface area contributed by atoms with Gasteiger partial charge >= 0.3 is 0 Å². The maximum absolute atomic E-state index is 13.2. The highest BCUT2D eigenvalue weighted by Gasteiger charge is 2.32. The van der Waals surface area contributed by atoms with Crippen LogP contribution in [0.15, 0.2) is 58.4 Å². The van der Waals surface area contributed by atoms with Crippen LogP contribution in [-0.4, -0.2) is 31.1 Å². The van der Waals surface area contributed by atoms with Gasteiger partial charge in [0.25, 0.3) is 11.5 Å². The first kappa shape index (κ1) is 20.3. The first-order valence-corrected chi connectivity index (χ1v) is 10.7. The predicted molar refractivity (Wildman–Crippen MR) is 123 cm³/mol. The minimum atomic E-state index is -0.315. The fourth-order valence-corrected chi connectivity index (χ4v) is 4.40. The Hall–Kier alpha value is -2.97. The van der Waals surface area contributed by atoms with E-state index in [4.69, 9.17) is 17.0 Å². The van der Waals surface area contributed by atoms with Crippen molar-refractivity contribution in [3.05, 3.63) is 75.0 Å². The van der Waals surface area contributed by atoms with Crippen LogP contribution in [0.1, 0.15) is 24.5 Å². The van der Waals surface area contributed by atoms with E-state index in [1.165, 1.54) is 22.2 Å². The van der Waals surface area contributed by atoms with Crippen LogP contribution < -0.4 is 10.3 Å². The molecule has 6 nitrogen and oxygen atoms in total. The van der Waals surface area contributed by atoms with Gasteiger partial charge in [-0.2, -0.15) is 4.98 Å². The topological polar surface area (TPSA) is 63.9 Å². The lowest BCUT2D eigenvalue weighted by Crippen LogP contribution is -2.28. The number of para-hydroxylation sites is 1. The van der Waals surface area contributed by atoms with E-state index in [9.17, 15) is 9.59 Å². The average Bonchev–Trinajstić information content (AvgIpc) is 3.00. The fourth-order valence-electron chi connectivity index (χ4n) is 3.11. The molecule has 0 unspecified atom stereocenters. The third-order valence-corrected chi connectivity index (χ3v) is 6.01. The van der Waals surface area contributed by atoms with Crippen molar-refractivity contribution < 1.29 is 9.53 Å². The van der Waals surface area contributed by atoms with E-state index in [-0.39, 0.29) is 22.9 Å². The van der Waals surface area contributed by atoms with Gasteiger partial charge in [-0.15, -0.1) is 0 Å². The lowest BCUT2D eigenvalue weighted by atomic mass is 10.2. The summed E-state index contributed by atoms with van der Waals surface area (Å²) in [6, 6.07) is 12.8. The van der Waals surface area contributed by atoms with Crippen molar-refractivity contribution in [2.24, 2.45) is 0 Å². The molecule has 0 saturated carbocycles. The van der Waals surface area contributed by atoms with Gasteiger partial charge in [0, 0.05) is 12.7 Å². The van der Waals surface area contributed by atoms with E-state index in [1.54, 1.807) is 29.3 Å². The van der Waals surface area contributed by atoms with E-state index in [1.807, 2.05) is 38.1 Å². The van der Waals surface area contributed by atoms with Gasteiger partial charge < -0.3 is 4.74 Å². The highest BCUT2D eigenvalue weighted by Crippen LogP contribution is 2.34. The molecular weight excluding hydrogens is 418 g/mol. The summed E-state index contributed by atoms with van der Waals surface area (Å²) >= 11 is 6.52. The Kier molecular flexibility index (Phi) is 5.69. The first-order valence-electron chi connectivity index (χ1n) is 9.50. The average molecular weight is 438 g/mol. The molecule has 1 saturated heterocycles. The van der Waals surface area contributed by atoms with Crippen LogP contribution in [0.3, 0.4) is 0 Å². The van der Waals surface area contributed by atoms with Crippen molar-refractivity contribution in [2.45, 2.75) is 20.3 Å². The first-order chi connectivity index (χ1) is 14.5. The van der Waals surface area contributed by atoms with Gasteiger partial charge in [-0.3, -0.25) is 18.9 Å². The molecule has 152 valence electrons. The van der Waals surface area contributed by atoms with E-state index in [2.05, 4.69) is 4.98 Å². The molecule has 8 heteroatoms. The quantitative estimate of drug-likeness (QED) is 0.435. The molecule has 1 aromatic carbocycles. The number of carbonyl (C=O) groups is 1. The minimum Gasteiger partial charge on any atom is -0.438 e. The number of nitrogens with zero attached hydrogens (tertiary/aromatic N) is 3. The molecule has 0 atom stereocenters. The van der Waals surface area contributed by atoms with E-state index in [0.29, 0.717) is 27.2 Å². The second kappa shape index (κ2) is 8.41. The van der Waals surface area contributed by atoms with Crippen LogP contribution in [0.25, 0.3) is 11.7 Å². The number of thioether (sulfide) groups is 1. The Bertz CT molecular complexity index is 1250. The maximum Gasteiger partial charge on any atom is 0.269 e. The predicted octanol–water partition coefficient (Wildman–Crippen LogP) is 4.41. The number of aromatic nitrogens is 2. The van der Waals surface area contributed by atoms with Crippen LogP contribution in [0, 0.1) is 6.92 Å². The number of thiocarbonyl (C=S) groups is 1. The molecule has 0 aliphatic carbocycles. The summed E-state index contributed by atoms with van der Waals surface area (Å²) in [5.74, 6) is 0.547. The maximum atomic E-state index is 13.2. The van der Waals surface area contributed by atoms with Gasteiger partial charge in [-0.25, -0.2) is 0 Å². The van der Waals surface area contributed by atoms with Crippen molar-refractivity contribution in [1.82, 2.24) is 14.3 Å². The number of hydrogen-bond acceptors (Lipinski definition) is 6. The lowest BCUT2D eigenvalue weighted by molar-refractivity contribution is -0.122. The van der Waals surface area contributed by atoms with Crippen molar-refractivity contribution in [3.8, 4) is 11.6 Å². The zero-order chi connectivity index (χ0) is 21.3. The van der Waals surface area contributed by atoms with E-state index < -0.39 is 0 Å². The van der Waals surface area contributed by atoms with Crippen LogP contribution in [0.4, 0.5) is 0 Å². The fraction of sp³-hybridized carbons (Fsp3) is 0.182. The number of rotatable bonds is 5. The molecule has 0 bridgehead atoms. The molecule has 1 aliphatic rings. The second-order valence-electron chi connectivity index (χ2n) is 6.77. The van der Waals surface area contributed by atoms with Gasteiger partial charge in [0.2, 0.25) is 5.88 Å². The molecule has 1 fully saturated rings. The van der Waals surface area contributed by atoms with Crippen molar-refractivity contribution in [1.29, 1.82) is 0 Å². The molecule has 3 heterocycles. The molecule has 3 aromatic rings. The summed E-state index contributed by atoms with van der Waals surface area (Å²) in [5.41, 5.74) is 1.26.